The summed E-state index contributed by atoms with van der Waals surface area (Å²) in [6, 6.07) is 4.97. The number of nitrogens with zero attached hydrogens (tertiary/aromatic N) is 4. The van der Waals surface area contributed by atoms with Gasteiger partial charge in [-0.15, -0.1) is 0 Å². The first-order chi connectivity index (χ1) is 16.9. The Kier molecular flexibility index (Phi) is 6.81. The summed E-state index contributed by atoms with van der Waals surface area (Å²) in [5.41, 5.74) is -0.247. The Morgan fingerprint density at radius 3 is 2.58 bits per heavy atom. The molecule has 1 fully saturated rings. The van der Waals surface area contributed by atoms with Crippen LogP contribution in [-0.2, 0) is 17.3 Å². The number of nitrogens with one attached hydrogen (secondary N) is 1. The molecule has 1 aliphatic heterocycles. The van der Waals surface area contributed by atoms with Gasteiger partial charge in [-0.2, -0.15) is 0 Å². The number of carbonyl (C=O) groups excluding carboxylic acids is 1. The van der Waals surface area contributed by atoms with Crippen LogP contribution < -0.4 is 10.9 Å². The summed E-state index contributed by atoms with van der Waals surface area (Å²) in [5, 5.41) is 3.69. The van der Waals surface area contributed by atoms with Crippen molar-refractivity contribution in [3.63, 3.8) is 0 Å². The first-order valence-corrected chi connectivity index (χ1v) is 11.9. The molecule has 0 aliphatic carbocycles. The fourth-order valence-electron chi connectivity index (χ4n) is 5.34. The summed E-state index contributed by atoms with van der Waals surface area (Å²) >= 11 is 0. The second-order valence-electron chi connectivity index (χ2n) is 9.88. The fraction of sp³-hybridized carbons (Fsp3) is 0.462. The van der Waals surface area contributed by atoms with Gasteiger partial charge in [-0.25, -0.2) is 23.1 Å². The first kappa shape index (κ1) is 25.7. The van der Waals surface area contributed by atoms with Gasteiger partial charge in [-0.3, -0.25) is 14.2 Å². The Bertz CT molecular complexity index is 1380. The number of piperidine rings is 1. The third-order valence-electron chi connectivity index (χ3n) is 7.35. The van der Waals surface area contributed by atoms with Crippen molar-refractivity contribution in [1.82, 2.24) is 19.4 Å². The van der Waals surface area contributed by atoms with Crippen molar-refractivity contribution in [3.05, 3.63) is 63.5 Å². The highest BCUT2D eigenvalue weighted by molar-refractivity contribution is 5.87. The Hall–Kier alpha value is -3.43. The van der Waals surface area contributed by atoms with Crippen LogP contribution >= 0.6 is 0 Å². The molecular weight excluding hydrogens is 471 g/mol. The van der Waals surface area contributed by atoms with Crippen LogP contribution in [0.5, 0.6) is 0 Å². The summed E-state index contributed by atoms with van der Waals surface area (Å²) in [6.07, 6.45) is -0.383. The zero-order chi connectivity index (χ0) is 26.4. The van der Waals surface area contributed by atoms with E-state index in [1.54, 1.807) is 27.0 Å². The monoisotopic (exact) mass is 501 g/mol. The quantitative estimate of drug-likeness (QED) is 0.540. The van der Waals surface area contributed by atoms with E-state index in [2.05, 4.69) is 15.3 Å². The topological polar surface area (TPSA) is 80.1 Å². The van der Waals surface area contributed by atoms with Crippen LogP contribution in [0.4, 0.5) is 19.0 Å². The van der Waals surface area contributed by atoms with E-state index in [4.69, 9.17) is 0 Å². The summed E-state index contributed by atoms with van der Waals surface area (Å²) in [6.45, 7) is 7.75. The predicted molar refractivity (Wildman–Crippen MR) is 132 cm³/mol. The number of amides is 1. The number of hydrogen-bond donors (Lipinski definition) is 1. The van der Waals surface area contributed by atoms with Crippen molar-refractivity contribution in [2.24, 2.45) is 7.05 Å². The number of hydrogen-bond acceptors (Lipinski definition) is 5. The average molecular weight is 502 g/mol. The Morgan fingerprint density at radius 2 is 1.94 bits per heavy atom. The lowest BCUT2D eigenvalue weighted by Crippen LogP contribution is -2.50. The number of rotatable bonds is 5. The molecule has 1 aromatic carbocycles. The minimum Gasteiger partial charge on any atom is -0.363 e. The molecular formula is C26H30F3N5O2. The second-order valence-corrected chi connectivity index (χ2v) is 9.88. The van der Waals surface area contributed by atoms with Gasteiger partial charge in [0, 0.05) is 43.1 Å². The number of carbonyl (C=O) groups is 1. The summed E-state index contributed by atoms with van der Waals surface area (Å²) in [5.74, 6) is -0.588. The van der Waals surface area contributed by atoms with E-state index >= 15 is 0 Å². The summed E-state index contributed by atoms with van der Waals surface area (Å²) in [7, 11) is 1.64. The molecule has 0 saturated carbocycles. The van der Waals surface area contributed by atoms with Crippen molar-refractivity contribution < 1.29 is 18.0 Å². The van der Waals surface area contributed by atoms with Crippen molar-refractivity contribution in [2.75, 3.05) is 11.9 Å². The molecule has 2 aromatic heterocycles. The second kappa shape index (κ2) is 9.55. The lowest BCUT2D eigenvalue weighted by atomic mass is 9.72. The number of aryl methyl sites for hydroxylation is 1. The smallest absolute Gasteiger partial charge is 0.266 e. The van der Waals surface area contributed by atoms with E-state index in [1.807, 2.05) is 18.7 Å². The molecule has 36 heavy (non-hydrogen) atoms. The molecule has 0 unspecified atom stereocenters. The van der Waals surface area contributed by atoms with Gasteiger partial charge in [-0.1, -0.05) is 25.1 Å². The molecule has 1 amide bonds. The predicted octanol–water partition coefficient (Wildman–Crippen LogP) is 4.87. The van der Waals surface area contributed by atoms with Crippen LogP contribution in [0.2, 0.25) is 0 Å². The van der Waals surface area contributed by atoms with E-state index in [0.717, 1.165) is 6.07 Å². The lowest BCUT2D eigenvalue weighted by Gasteiger charge is -2.43. The van der Waals surface area contributed by atoms with Gasteiger partial charge in [0.1, 0.15) is 23.6 Å². The van der Waals surface area contributed by atoms with Crippen LogP contribution in [0.3, 0.4) is 0 Å². The molecule has 1 aliphatic rings. The normalized spacial score (nSPS) is 21.1. The van der Waals surface area contributed by atoms with Crippen molar-refractivity contribution >= 4 is 22.8 Å². The van der Waals surface area contributed by atoms with Gasteiger partial charge in [0.15, 0.2) is 0 Å². The van der Waals surface area contributed by atoms with Gasteiger partial charge < -0.3 is 10.2 Å². The Labute approximate surface area is 207 Å². The van der Waals surface area contributed by atoms with Gasteiger partial charge >= 0.3 is 0 Å². The standard InChI is InChI=1S/C26H30F3N5O2/c1-14-12-26(4,9-10-34(14)16(3)35)20-11-19-23(30-13-31-24(19)33(5)25(20)36)32-15(2)17-7-6-8-18(21(17)27)22(28)29/h6-8,11,13-15,22H,9-10,12H2,1-5H3,(H,30,31,32)/t14-,15+,26-/m0/s1. The highest BCUT2D eigenvalue weighted by Crippen LogP contribution is 2.38. The molecule has 1 N–H and O–H groups in total. The van der Waals surface area contributed by atoms with Crippen LogP contribution in [0, 0.1) is 5.82 Å². The molecule has 0 radical (unpaired) electrons. The van der Waals surface area contributed by atoms with E-state index in [-0.39, 0.29) is 23.1 Å². The van der Waals surface area contributed by atoms with Gasteiger partial charge in [0.25, 0.3) is 12.0 Å². The number of anilines is 1. The van der Waals surface area contributed by atoms with Gasteiger partial charge in [-0.05, 0) is 32.8 Å². The number of pyridine rings is 1. The minimum absolute atomic E-state index is 0.00739. The zero-order valence-corrected chi connectivity index (χ0v) is 21.0. The van der Waals surface area contributed by atoms with E-state index in [0.29, 0.717) is 41.8 Å². The lowest BCUT2D eigenvalue weighted by molar-refractivity contribution is -0.132. The molecule has 3 heterocycles. The SMILES string of the molecule is CC(=O)N1CC[C@](C)(c2cc3c(N[C@H](C)c4cccc(C(F)F)c4F)ncnc3n(C)c2=O)C[C@@H]1C. The molecule has 0 spiro atoms. The highest BCUT2D eigenvalue weighted by atomic mass is 19.3. The zero-order valence-electron chi connectivity index (χ0n) is 21.0. The molecule has 192 valence electrons. The molecule has 0 bridgehead atoms. The van der Waals surface area contributed by atoms with Crippen LogP contribution in [0.25, 0.3) is 11.0 Å². The van der Waals surface area contributed by atoms with Crippen molar-refractivity contribution in [2.45, 2.75) is 64.5 Å². The maximum atomic E-state index is 14.8. The molecule has 7 nitrogen and oxygen atoms in total. The van der Waals surface area contributed by atoms with Crippen molar-refractivity contribution in [3.8, 4) is 0 Å². The molecule has 3 aromatic rings. The number of halogens is 3. The number of benzene rings is 1. The molecule has 1 saturated heterocycles. The fourth-order valence-corrected chi connectivity index (χ4v) is 5.34. The van der Waals surface area contributed by atoms with Gasteiger partial charge in [0.2, 0.25) is 5.91 Å². The maximum absolute atomic E-state index is 14.8. The van der Waals surface area contributed by atoms with Crippen LogP contribution in [0.15, 0.2) is 35.4 Å². The maximum Gasteiger partial charge on any atom is 0.266 e. The highest BCUT2D eigenvalue weighted by Gasteiger charge is 2.39. The third-order valence-corrected chi connectivity index (χ3v) is 7.35. The molecule has 4 rings (SSSR count). The van der Waals surface area contributed by atoms with E-state index < -0.39 is 29.3 Å². The summed E-state index contributed by atoms with van der Waals surface area (Å²) < 4.78 is 42.6. The third kappa shape index (κ3) is 4.44. The first-order valence-electron chi connectivity index (χ1n) is 11.9. The Morgan fingerprint density at radius 1 is 1.25 bits per heavy atom. The Balaban J connectivity index is 1.76. The van der Waals surface area contributed by atoms with E-state index in [9.17, 15) is 22.8 Å². The average Bonchev–Trinajstić information content (AvgIpc) is 2.81. The van der Waals surface area contributed by atoms with Crippen LogP contribution in [-0.4, -0.2) is 37.9 Å². The largest absolute Gasteiger partial charge is 0.363 e. The number of fused-ring (bicyclic) bond motifs is 1. The number of likely N-dealkylation sites (tertiary alicyclic amines) is 1. The number of aromatic nitrogens is 3. The minimum atomic E-state index is -2.92. The number of alkyl halides is 2. The van der Waals surface area contributed by atoms with E-state index in [1.165, 1.54) is 23.0 Å². The van der Waals surface area contributed by atoms with Crippen molar-refractivity contribution in [1.29, 1.82) is 0 Å². The summed E-state index contributed by atoms with van der Waals surface area (Å²) in [4.78, 5) is 35.8. The van der Waals surface area contributed by atoms with Crippen LogP contribution in [0.1, 0.15) is 69.7 Å². The van der Waals surface area contributed by atoms with Gasteiger partial charge in [0.05, 0.1) is 17.0 Å². The molecule has 10 heteroatoms. The molecule has 3 atom stereocenters.